The zero-order valence-electron chi connectivity index (χ0n) is 20.9. The monoisotopic (exact) mass is 410 g/mol. The number of hydrogen-bond donors (Lipinski definition) is 2. The quantitative estimate of drug-likeness (QED) is 0.637. The predicted octanol–water partition coefficient (Wildman–Crippen LogP) is 5.42. The van der Waals surface area contributed by atoms with Gasteiger partial charge in [-0.3, -0.25) is 5.43 Å². The molecule has 0 aromatic heterocycles. The molecule has 0 aromatic carbocycles. The van der Waals surface area contributed by atoms with Crippen LogP contribution in [0.2, 0.25) is 0 Å². The molecule has 4 nitrogen and oxygen atoms in total. The van der Waals surface area contributed by atoms with Crippen LogP contribution in [0.25, 0.3) is 0 Å². The summed E-state index contributed by atoms with van der Waals surface area (Å²) in [6, 6.07) is 2.67. The largest absolute Gasteiger partial charge is 0.327 e. The number of fused-ring (bicyclic) bond motifs is 2. The van der Waals surface area contributed by atoms with Gasteiger partial charge >= 0.3 is 0 Å². The maximum atomic E-state index is 6.45. The molecule has 2 saturated carbocycles. The van der Waals surface area contributed by atoms with E-state index in [0.29, 0.717) is 18.1 Å². The van der Waals surface area contributed by atoms with Gasteiger partial charge in [-0.15, -0.1) is 0 Å². The maximum Gasteiger partial charge on any atom is 0.0286 e. The molecule has 2 saturated heterocycles. The predicted molar refractivity (Wildman–Crippen MR) is 129 cm³/mol. The third-order valence-corrected chi connectivity index (χ3v) is 7.41. The fraction of sp³-hybridized carbons (Fsp3) is 1.00. The second-order valence-electron chi connectivity index (χ2n) is 8.68. The first-order valence-corrected chi connectivity index (χ1v) is 13.2. The molecule has 174 valence electrons. The van der Waals surface area contributed by atoms with Crippen LogP contribution in [0.3, 0.4) is 0 Å². The highest BCUT2D eigenvalue weighted by Gasteiger charge is 2.42. The summed E-state index contributed by atoms with van der Waals surface area (Å²) in [5, 5.41) is 2.65. The molecule has 4 fully saturated rings. The summed E-state index contributed by atoms with van der Waals surface area (Å²) in [5.74, 6) is 1.60. The van der Waals surface area contributed by atoms with E-state index >= 15 is 0 Å². The van der Waals surface area contributed by atoms with Crippen LogP contribution in [0.4, 0.5) is 0 Å². The number of likely N-dealkylation sites (tertiary alicyclic amines) is 1. The lowest BCUT2D eigenvalue weighted by molar-refractivity contribution is -0.0373. The molecule has 4 aliphatic rings. The fourth-order valence-corrected chi connectivity index (χ4v) is 6.15. The van der Waals surface area contributed by atoms with E-state index in [2.05, 4.69) is 22.4 Å². The van der Waals surface area contributed by atoms with Crippen LogP contribution in [0.5, 0.6) is 0 Å². The smallest absolute Gasteiger partial charge is 0.0286 e. The third-order valence-electron chi connectivity index (χ3n) is 7.41. The zero-order chi connectivity index (χ0) is 21.8. The zero-order valence-corrected chi connectivity index (χ0v) is 20.9. The van der Waals surface area contributed by atoms with Gasteiger partial charge in [0.2, 0.25) is 0 Å². The molecule has 0 radical (unpaired) electrons. The first-order chi connectivity index (χ1) is 14.2. The molecular weight excluding hydrogens is 356 g/mol. The third kappa shape index (κ3) is 6.92. The molecule has 2 aliphatic heterocycles. The number of hydrazine groups is 1. The van der Waals surface area contributed by atoms with Gasteiger partial charge in [0.1, 0.15) is 0 Å². The van der Waals surface area contributed by atoms with E-state index in [1.165, 1.54) is 77.3 Å². The van der Waals surface area contributed by atoms with E-state index in [4.69, 9.17) is 5.73 Å². The number of piperidine rings is 2. The Morgan fingerprint density at radius 1 is 0.655 bits per heavy atom. The SMILES string of the molecule is CC.CC.CC.CN1CCC(NN2CCCC3C(N)CCCC32)C2CCCCC21. The average molecular weight is 411 g/mol. The Balaban J connectivity index is 0.000000644. The van der Waals surface area contributed by atoms with Crippen LogP contribution in [0.15, 0.2) is 0 Å². The minimum Gasteiger partial charge on any atom is -0.327 e. The van der Waals surface area contributed by atoms with Crippen LogP contribution < -0.4 is 11.2 Å². The van der Waals surface area contributed by atoms with Crippen molar-refractivity contribution in [1.29, 1.82) is 0 Å². The van der Waals surface area contributed by atoms with Crippen molar-refractivity contribution in [2.45, 2.75) is 130 Å². The number of nitrogens with two attached hydrogens (primary N) is 1. The van der Waals surface area contributed by atoms with Gasteiger partial charge in [-0.2, -0.15) is 0 Å². The highest BCUT2D eigenvalue weighted by Crippen LogP contribution is 2.37. The summed E-state index contributed by atoms with van der Waals surface area (Å²) < 4.78 is 0. The van der Waals surface area contributed by atoms with Crippen LogP contribution in [0.1, 0.15) is 106 Å². The molecule has 0 amide bonds. The van der Waals surface area contributed by atoms with E-state index < -0.39 is 0 Å². The van der Waals surface area contributed by atoms with E-state index in [1.54, 1.807) is 0 Å². The summed E-state index contributed by atoms with van der Waals surface area (Å²) in [7, 11) is 2.34. The van der Waals surface area contributed by atoms with Crippen molar-refractivity contribution >= 4 is 0 Å². The molecule has 0 aromatic rings. The van der Waals surface area contributed by atoms with Gasteiger partial charge in [0.05, 0.1) is 0 Å². The summed E-state index contributed by atoms with van der Waals surface area (Å²) in [6.07, 6.45) is 13.6. The van der Waals surface area contributed by atoms with Gasteiger partial charge in [0, 0.05) is 30.7 Å². The normalized spacial score (nSPS) is 37.2. The molecule has 0 bridgehead atoms. The molecule has 6 atom stereocenters. The molecule has 2 aliphatic carbocycles. The van der Waals surface area contributed by atoms with Gasteiger partial charge in [-0.05, 0) is 70.4 Å². The van der Waals surface area contributed by atoms with E-state index in [-0.39, 0.29) is 0 Å². The van der Waals surface area contributed by atoms with E-state index in [9.17, 15) is 0 Å². The average Bonchev–Trinajstić information content (AvgIpc) is 2.81. The van der Waals surface area contributed by atoms with Gasteiger partial charge in [0.25, 0.3) is 0 Å². The molecule has 6 unspecified atom stereocenters. The van der Waals surface area contributed by atoms with Crippen LogP contribution >= 0.6 is 0 Å². The van der Waals surface area contributed by atoms with Crippen molar-refractivity contribution in [2.24, 2.45) is 17.6 Å². The Bertz CT molecular complexity index is 386. The van der Waals surface area contributed by atoms with Crippen molar-refractivity contribution < 1.29 is 0 Å². The van der Waals surface area contributed by atoms with E-state index in [0.717, 1.165) is 17.9 Å². The second-order valence-corrected chi connectivity index (χ2v) is 8.68. The molecule has 4 heteroatoms. The maximum absolute atomic E-state index is 6.45. The lowest BCUT2D eigenvalue weighted by atomic mass is 9.74. The van der Waals surface area contributed by atoms with Crippen LogP contribution in [-0.4, -0.2) is 54.2 Å². The van der Waals surface area contributed by atoms with Crippen molar-refractivity contribution in [1.82, 2.24) is 15.3 Å². The minimum absolute atomic E-state index is 0.443. The Morgan fingerprint density at radius 2 is 1.28 bits per heavy atom. The topological polar surface area (TPSA) is 44.5 Å². The summed E-state index contributed by atoms with van der Waals surface area (Å²) in [5.41, 5.74) is 10.5. The summed E-state index contributed by atoms with van der Waals surface area (Å²) in [6.45, 7) is 14.5. The van der Waals surface area contributed by atoms with E-state index in [1.807, 2.05) is 41.5 Å². The Labute approximate surface area is 183 Å². The summed E-state index contributed by atoms with van der Waals surface area (Å²) in [4.78, 5) is 2.64. The lowest BCUT2D eigenvalue weighted by Gasteiger charge is -2.52. The molecule has 4 rings (SSSR count). The first kappa shape index (κ1) is 26.9. The number of nitrogens with one attached hydrogen (secondary N) is 1. The molecule has 0 spiro atoms. The van der Waals surface area contributed by atoms with Crippen molar-refractivity contribution in [3.63, 3.8) is 0 Å². The Hall–Kier alpha value is -0.160. The first-order valence-electron chi connectivity index (χ1n) is 13.2. The molecule has 3 N–H and O–H groups in total. The molecule has 29 heavy (non-hydrogen) atoms. The second kappa shape index (κ2) is 14.8. The molecular formula is C25H54N4. The Kier molecular flexibility index (Phi) is 13.7. The minimum atomic E-state index is 0.443. The van der Waals surface area contributed by atoms with Gasteiger partial charge in [0.15, 0.2) is 0 Å². The van der Waals surface area contributed by atoms with Gasteiger partial charge < -0.3 is 10.6 Å². The summed E-state index contributed by atoms with van der Waals surface area (Å²) >= 11 is 0. The highest BCUT2D eigenvalue weighted by atomic mass is 15.5. The van der Waals surface area contributed by atoms with Crippen molar-refractivity contribution in [2.75, 3.05) is 20.1 Å². The molecule has 2 heterocycles. The van der Waals surface area contributed by atoms with Gasteiger partial charge in [-0.1, -0.05) is 60.8 Å². The van der Waals surface area contributed by atoms with Gasteiger partial charge in [-0.25, -0.2) is 5.01 Å². The number of nitrogens with zero attached hydrogens (tertiary/aromatic N) is 2. The fourth-order valence-electron chi connectivity index (χ4n) is 6.15. The highest BCUT2D eigenvalue weighted by molar-refractivity contribution is 4.97. The number of hydrogen-bond acceptors (Lipinski definition) is 4. The standard InChI is InChI=1S/C19H36N4.3C2H6/c1-22-13-11-17(15-6-2-3-9-18(15)22)21-23-12-5-7-14-16(20)8-4-10-19(14)23;3*1-2/h14-19,21H,2-13,20H2,1H3;3*1-2H3. The lowest BCUT2D eigenvalue weighted by Crippen LogP contribution is -2.64. The van der Waals surface area contributed by atoms with Crippen molar-refractivity contribution in [3.8, 4) is 0 Å². The van der Waals surface area contributed by atoms with Crippen LogP contribution in [0, 0.1) is 11.8 Å². The van der Waals surface area contributed by atoms with Crippen molar-refractivity contribution in [3.05, 3.63) is 0 Å². The number of rotatable bonds is 2. The van der Waals surface area contributed by atoms with Crippen LogP contribution in [-0.2, 0) is 0 Å². The Morgan fingerprint density at radius 3 is 2.00 bits per heavy atom.